The molecule has 2 amide bonds. The summed E-state index contributed by atoms with van der Waals surface area (Å²) in [6, 6.07) is 4.03. The van der Waals surface area contributed by atoms with Crippen LogP contribution in [-0.2, 0) is 11.2 Å². The zero-order chi connectivity index (χ0) is 31.7. The Morgan fingerprint density at radius 1 is 1.12 bits per heavy atom. The van der Waals surface area contributed by atoms with Crippen LogP contribution in [0.5, 0.6) is 0 Å². The summed E-state index contributed by atoms with van der Waals surface area (Å²) in [5, 5.41) is 6.11. The molecule has 0 saturated heterocycles. The van der Waals surface area contributed by atoms with Gasteiger partial charge in [-0.05, 0) is 43.4 Å². The normalized spacial score (nSPS) is 17.6. The van der Waals surface area contributed by atoms with Crippen molar-refractivity contribution in [2.45, 2.75) is 88.5 Å². The van der Waals surface area contributed by atoms with Crippen LogP contribution in [0.4, 0.5) is 35.1 Å². The van der Waals surface area contributed by atoms with Crippen LogP contribution in [0.15, 0.2) is 22.7 Å². The van der Waals surface area contributed by atoms with Crippen LogP contribution < -0.4 is 11.1 Å². The molecule has 43 heavy (non-hydrogen) atoms. The molecular formula is C27H29F8N5O3. The van der Waals surface area contributed by atoms with Gasteiger partial charge in [-0.1, -0.05) is 11.2 Å². The number of nitrogens with two attached hydrogens (primary N) is 1. The minimum atomic E-state index is -4.56. The maximum atomic E-state index is 14.1. The second-order valence-corrected chi connectivity index (χ2v) is 10.8. The van der Waals surface area contributed by atoms with Crippen molar-refractivity contribution in [2.75, 3.05) is 0 Å². The number of aryl methyl sites for hydroxylation is 1. The summed E-state index contributed by atoms with van der Waals surface area (Å²) in [5.74, 6) is -6.49. The van der Waals surface area contributed by atoms with Crippen molar-refractivity contribution in [3.05, 3.63) is 46.6 Å². The van der Waals surface area contributed by atoms with E-state index in [1.165, 1.54) is 0 Å². The van der Waals surface area contributed by atoms with Crippen LogP contribution in [0.3, 0.4) is 0 Å². The van der Waals surface area contributed by atoms with Crippen molar-refractivity contribution in [2.24, 2.45) is 11.7 Å². The van der Waals surface area contributed by atoms with E-state index in [0.29, 0.717) is 16.6 Å². The lowest BCUT2D eigenvalue weighted by molar-refractivity contribution is -0.144. The van der Waals surface area contributed by atoms with Crippen molar-refractivity contribution >= 4 is 22.8 Å². The zero-order valence-electron chi connectivity index (χ0n) is 22.8. The highest BCUT2D eigenvalue weighted by Gasteiger charge is 2.43. The molecule has 2 heterocycles. The average Bonchev–Trinajstić information content (AvgIpc) is 3.50. The molecule has 2 atom stereocenters. The Hall–Kier alpha value is -3.72. The van der Waals surface area contributed by atoms with Crippen molar-refractivity contribution in [3.8, 4) is 0 Å². The first kappa shape index (κ1) is 32.2. The third kappa shape index (κ3) is 8.22. The molecule has 0 radical (unpaired) electrons. The maximum Gasteiger partial charge on any atom is 0.389 e. The van der Waals surface area contributed by atoms with Gasteiger partial charge in [-0.15, -0.1) is 0 Å². The Kier molecular flexibility index (Phi) is 9.07. The van der Waals surface area contributed by atoms with E-state index >= 15 is 0 Å². The fourth-order valence-corrected chi connectivity index (χ4v) is 5.37. The maximum absolute atomic E-state index is 14.1. The van der Waals surface area contributed by atoms with Crippen LogP contribution in [0, 0.1) is 5.92 Å². The first-order valence-corrected chi connectivity index (χ1v) is 13.5. The number of hydrogen-bond acceptors (Lipinski definition) is 5. The average molecular weight is 624 g/mol. The lowest BCUT2D eigenvalue weighted by Crippen LogP contribution is -2.30. The fourth-order valence-electron chi connectivity index (χ4n) is 5.37. The van der Waals surface area contributed by atoms with E-state index in [-0.39, 0.29) is 30.0 Å². The number of fused-ring (bicyclic) bond motifs is 1. The Labute approximate surface area is 239 Å². The quantitative estimate of drug-likeness (QED) is 0.219. The third-order valence-corrected chi connectivity index (χ3v) is 7.55. The van der Waals surface area contributed by atoms with Crippen LogP contribution in [0.1, 0.15) is 97.0 Å². The Morgan fingerprint density at radius 3 is 2.37 bits per heavy atom. The Bertz CT molecular complexity index is 1450. The van der Waals surface area contributed by atoms with Gasteiger partial charge in [0.1, 0.15) is 11.6 Å². The number of aromatic amines is 1. The number of alkyl halides is 8. The molecular weight excluding hydrogens is 594 g/mol. The van der Waals surface area contributed by atoms with Gasteiger partial charge in [-0.25, -0.2) is 13.8 Å². The number of halogens is 8. The second-order valence-electron chi connectivity index (χ2n) is 10.8. The SMILES string of the molecule is C[C@@H](NC(=O)CCC(F)(F)F)c1ccc2nc([C@H](c3c(C(N)=O)noc3CCC(F)(F)F)C3CCC(F)(F)CC3)[nH]c2c1. The minimum absolute atomic E-state index is 0.0386. The molecule has 1 aliphatic carbocycles. The smallest absolute Gasteiger partial charge is 0.364 e. The standard InChI is InChI=1S/C27H29F8N5O3/c1-13(37-19(41)7-11-27(33,34)35)15-2-3-16-17(12-15)39-24(38-16)20(14-4-8-25(28,29)9-5-14)21-18(6-10-26(30,31)32)43-40-22(21)23(36)42/h2-3,12-14,20H,4-11H2,1H3,(H2,36,42)(H,37,41)(H,38,39)/t13-,20+/m1/s1. The van der Waals surface area contributed by atoms with Crippen molar-refractivity contribution in [1.82, 2.24) is 20.4 Å². The van der Waals surface area contributed by atoms with Crippen molar-refractivity contribution in [1.29, 1.82) is 0 Å². The number of hydrogen-bond donors (Lipinski definition) is 3. The summed E-state index contributed by atoms with van der Waals surface area (Å²) in [6.07, 6.45) is -14.1. The number of H-pyrrole nitrogens is 1. The molecule has 0 spiro atoms. The number of rotatable bonds is 10. The van der Waals surface area contributed by atoms with Crippen LogP contribution in [0.25, 0.3) is 11.0 Å². The Balaban J connectivity index is 1.70. The van der Waals surface area contributed by atoms with E-state index in [4.69, 9.17) is 10.3 Å². The van der Waals surface area contributed by atoms with Crippen LogP contribution in [0.2, 0.25) is 0 Å². The highest BCUT2D eigenvalue weighted by Crippen LogP contribution is 2.46. The first-order chi connectivity index (χ1) is 19.9. The molecule has 1 aromatic carbocycles. The molecule has 1 saturated carbocycles. The molecule has 1 aliphatic rings. The molecule has 236 valence electrons. The topological polar surface area (TPSA) is 127 Å². The molecule has 4 N–H and O–H groups in total. The fraction of sp³-hybridized carbons (Fsp3) is 0.556. The molecule has 2 aromatic heterocycles. The number of nitrogens with zero attached hydrogens (tertiary/aromatic N) is 2. The van der Waals surface area contributed by atoms with E-state index in [1.807, 2.05) is 0 Å². The molecule has 4 rings (SSSR count). The number of imidazole rings is 1. The number of carbonyl (C=O) groups excluding carboxylic acids is 2. The van der Waals surface area contributed by atoms with Gasteiger partial charge >= 0.3 is 12.4 Å². The molecule has 3 aromatic rings. The number of aromatic nitrogens is 3. The summed E-state index contributed by atoms with van der Waals surface area (Å²) < 4.78 is 110. The summed E-state index contributed by atoms with van der Waals surface area (Å²) in [5.41, 5.74) is 6.28. The largest absolute Gasteiger partial charge is 0.389 e. The summed E-state index contributed by atoms with van der Waals surface area (Å²) in [6.45, 7) is 1.57. The van der Waals surface area contributed by atoms with Gasteiger partial charge in [-0.2, -0.15) is 26.3 Å². The molecule has 0 unspecified atom stereocenters. The van der Waals surface area contributed by atoms with E-state index in [2.05, 4.69) is 20.4 Å². The van der Waals surface area contributed by atoms with Gasteiger partial charge in [0.2, 0.25) is 11.8 Å². The molecule has 0 bridgehead atoms. The van der Waals surface area contributed by atoms with Gasteiger partial charge in [0.15, 0.2) is 5.69 Å². The van der Waals surface area contributed by atoms with Gasteiger partial charge in [0.25, 0.3) is 5.91 Å². The summed E-state index contributed by atoms with van der Waals surface area (Å²) in [4.78, 5) is 31.9. The van der Waals surface area contributed by atoms with E-state index < -0.39 is 92.2 Å². The summed E-state index contributed by atoms with van der Waals surface area (Å²) >= 11 is 0. The van der Waals surface area contributed by atoms with Gasteiger partial charge < -0.3 is 20.6 Å². The predicted octanol–water partition coefficient (Wildman–Crippen LogP) is 6.62. The monoisotopic (exact) mass is 623 g/mol. The Morgan fingerprint density at radius 2 is 1.77 bits per heavy atom. The predicted molar refractivity (Wildman–Crippen MR) is 136 cm³/mol. The van der Waals surface area contributed by atoms with Gasteiger partial charge in [-0.3, -0.25) is 9.59 Å². The lowest BCUT2D eigenvalue weighted by Gasteiger charge is -2.33. The van der Waals surface area contributed by atoms with Crippen LogP contribution in [-0.4, -0.2) is 45.2 Å². The minimum Gasteiger partial charge on any atom is -0.364 e. The van der Waals surface area contributed by atoms with Crippen LogP contribution >= 0.6 is 0 Å². The molecule has 0 aliphatic heterocycles. The second kappa shape index (κ2) is 12.1. The van der Waals surface area contributed by atoms with Gasteiger partial charge in [0, 0.05) is 31.2 Å². The highest BCUT2D eigenvalue weighted by atomic mass is 19.4. The molecule has 1 fully saturated rings. The van der Waals surface area contributed by atoms with E-state index in [1.54, 1.807) is 25.1 Å². The highest BCUT2D eigenvalue weighted by molar-refractivity contribution is 5.92. The van der Waals surface area contributed by atoms with Gasteiger partial charge in [0.05, 0.1) is 35.8 Å². The number of amides is 2. The third-order valence-electron chi connectivity index (χ3n) is 7.55. The lowest BCUT2D eigenvalue weighted by atomic mass is 9.74. The number of carbonyl (C=O) groups is 2. The first-order valence-electron chi connectivity index (χ1n) is 13.5. The number of primary amides is 1. The molecule has 16 heteroatoms. The summed E-state index contributed by atoms with van der Waals surface area (Å²) in [7, 11) is 0. The van der Waals surface area contributed by atoms with Crippen molar-refractivity contribution < 1.29 is 49.2 Å². The zero-order valence-corrected chi connectivity index (χ0v) is 22.8. The number of benzene rings is 1. The van der Waals surface area contributed by atoms with E-state index in [9.17, 15) is 44.7 Å². The van der Waals surface area contributed by atoms with E-state index in [0.717, 1.165) is 0 Å². The molecule has 8 nitrogen and oxygen atoms in total. The van der Waals surface area contributed by atoms with Crippen molar-refractivity contribution in [3.63, 3.8) is 0 Å². The number of nitrogens with one attached hydrogen (secondary N) is 2.